The van der Waals surface area contributed by atoms with Crippen molar-refractivity contribution in [1.82, 2.24) is 9.55 Å². The van der Waals surface area contributed by atoms with Gasteiger partial charge in [-0.3, -0.25) is 0 Å². The third kappa shape index (κ3) is 5.19. The summed E-state index contributed by atoms with van der Waals surface area (Å²) in [7, 11) is 0. The normalized spacial score (nSPS) is 20.7. The number of hydrogen-bond acceptors (Lipinski definition) is 5. The molecule has 0 spiro atoms. The summed E-state index contributed by atoms with van der Waals surface area (Å²) >= 11 is 5.99. The Morgan fingerprint density at radius 2 is 2.00 bits per heavy atom. The van der Waals surface area contributed by atoms with Crippen molar-refractivity contribution in [3.8, 4) is 11.8 Å². The Labute approximate surface area is 180 Å². The Bertz CT molecular complexity index is 984. The minimum absolute atomic E-state index is 0.186. The zero-order chi connectivity index (χ0) is 20.8. The molecule has 0 unspecified atom stereocenters. The van der Waals surface area contributed by atoms with Crippen LogP contribution in [-0.2, 0) is 22.4 Å². The van der Waals surface area contributed by atoms with Gasteiger partial charge >= 0.3 is 0 Å². The van der Waals surface area contributed by atoms with Gasteiger partial charge < -0.3 is 18.8 Å². The average molecular weight is 424 g/mol. The second-order valence-corrected chi connectivity index (χ2v) is 7.71. The molecule has 0 bridgehead atoms. The molecule has 2 heterocycles. The molecule has 4 rings (SSSR count). The van der Waals surface area contributed by atoms with Crippen molar-refractivity contribution in [3.05, 3.63) is 83.4 Å². The number of imidazole rings is 1. The maximum absolute atomic E-state index is 8.90. The summed E-state index contributed by atoms with van der Waals surface area (Å²) < 4.78 is 20.3. The van der Waals surface area contributed by atoms with Gasteiger partial charge in [-0.25, -0.2) is 4.98 Å². The molecule has 3 aromatic rings. The van der Waals surface area contributed by atoms with Crippen LogP contribution < -0.4 is 4.74 Å². The van der Waals surface area contributed by atoms with Crippen molar-refractivity contribution in [2.24, 2.45) is 0 Å². The van der Waals surface area contributed by atoms with E-state index in [9.17, 15) is 0 Å². The molecule has 2 aromatic carbocycles. The number of aryl methyl sites for hydroxylation is 1. The van der Waals surface area contributed by atoms with Gasteiger partial charge in [0.25, 0.3) is 0 Å². The van der Waals surface area contributed by atoms with Crippen molar-refractivity contribution in [3.63, 3.8) is 0 Å². The van der Waals surface area contributed by atoms with E-state index in [4.69, 9.17) is 31.1 Å². The first-order valence-corrected chi connectivity index (χ1v) is 10.2. The fourth-order valence-corrected chi connectivity index (χ4v) is 3.58. The minimum atomic E-state index is -0.751. The van der Waals surface area contributed by atoms with E-state index in [1.54, 1.807) is 36.8 Å². The van der Waals surface area contributed by atoms with Gasteiger partial charge in [-0.2, -0.15) is 5.26 Å². The number of nitriles is 1. The number of ether oxygens (including phenoxy) is 3. The van der Waals surface area contributed by atoms with Gasteiger partial charge in [-0.1, -0.05) is 23.7 Å². The van der Waals surface area contributed by atoms with Crippen LogP contribution in [0.5, 0.6) is 5.75 Å². The molecule has 0 radical (unpaired) electrons. The molecule has 7 heteroatoms. The number of halogens is 1. The largest absolute Gasteiger partial charge is 0.491 e. The number of rotatable bonds is 8. The Morgan fingerprint density at radius 3 is 2.70 bits per heavy atom. The Hall–Kier alpha value is -2.85. The van der Waals surface area contributed by atoms with Gasteiger partial charge in [0.05, 0.1) is 31.1 Å². The second-order valence-electron chi connectivity index (χ2n) is 7.27. The van der Waals surface area contributed by atoms with Crippen molar-refractivity contribution in [2.75, 3.05) is 13.2 Å². The molecule has 6 nitrogen and oxygen atoms in total. The van der Waals surface area contributed by atoms with Crippen LogP contribution in [-0.4, -0.2) is 34.7 Å². The fraction of sp³-hybridized carbons (Fsp3) is 0.304. The number of hydrogen-bond donors (Lipinski definition) is 0. The first-order valence-electron chi connectivity index (χ1n) is 9.79. The fourth-order valence-electron chi connectivity index (χ4n) is 3.45. The maximum atomic E-state index is 8.90. The van der Waals surface area contributed by atoms with E-state index in [1.807, 2.05) is 35.0 Å². The van der Waals surface area contributed by atoms with Crippen LogP contribution >= 0.6 is 11.6 Å². The summed E-state index contributed by atoms with van der Waals surface area (Å²) in [5.74, 6) is -0.0511. The summed E-state index contributed by atoms with van der Waals surface area (Å²) in [4.78, 5) is 4.12. The summed E-state index contributed by atoms with van der Waals surface area (Å²) in [5, 5.41) is 9.62. The van der Waals surface area contributed by atoms with E-state index in [1.165, 1.54) is 5.56 Å². The predicted octanol–water partition coefficient (Wildman–Crippen LogP) is 4.23. The van der Waals surface area contributed by atoms with Gasteiger partial charge in [0.2, 0.25) is 0 Å². The van der Waals surface area contributed by atoms with Crippen molar-refractivity contribution >= 4 is 11.6 Å². The van der Waals surface area contributed by atoms with Gasteiger partial charge in [-0.05, 0) is 48.4 Å². The van der Waals surface area contributed by atoms with E-state index < -0.39 is 5.79 Å². The lowest BCUT2D eigenvalue weighted by molar-refractivity contribution is -0.184. The summed E-state index contributed by atoms with van der Waals surface area (Å²) in [6.45, 7) is 1.37. The predicted molar refractivity (Wildman–Crippen MR) is 112 cm³/mol. The smallest absolute Gasteiger partial charge is 0.187 e. The first-order chi connectivity index (χ1) is 14.6. The molecule has 30 heavy (non-hydrogen) atoms. The summed E-state index contributed by atoms with van der Waals surface area (Å²) in [5.41, 5.74) is 1.78. The SMILES string of the molecule is N#Cc1ccc(OC[C@H]2CO[C@@](CCc3ccc(Cl)cc3)(Cn3ccnc3)O2)cc1. The van der Waals surface area contributed by atoms with E-state index >= 15 is 0 Å². The molecular weight excluding hydrogens is 402 g/mol. The molecule has 1 aromatic heterocycles. The highest BCUT2D eigenvalue weighted by molar-refractivity contribution is 6.30. The Morgan fingerprint density at radius 1 is 1.20 bits per heavy atom. The van der Waals surface area contributed by atoms with Crippen LogP contribution in [0.2, 0.25) is 5.02 Å². The standard InChI is InChI=1S/C23H22ClN3O3/c24-20-5-1-18(2-6-20)9-10-23(16-27-12-11-26-17-27)29-15-22(30-23)14-28-21-7-3-19(13-25)4-8-21/h1-8,11-12,17,22H,9-10,14-16H2/t22-,23+/m0/s1. The minimum Gasteiger partial charge on any atom is -0.491 e. The summed E-state index contributed by atoms with van der Waals surface area (Å²) in [6.07, 6.45) is 6.71. The zero-order valence-corrected chi connectivity index (χ0v) is 17.2. The van der Waals surface area contributed by atoms with Gasteiger partial charge in [-0.15, -0.1) is 0 Å². The molecule has 0 amide bonds. The molecule has 0 N–H and O–H groups in total. The highest BCUT2D eigenvalue weighted by Crippen LogP contribution is 2.31. The van der Waals surface area contributed by atoms with Crippen molar-refractivity contribution < 1.29 is 14.2 Å². The molecular formula is C23H22ClN3O3. The highest BCUT2D eigenvalue weighted by atomic mass is 35.5. The Balaban J connectivity index is 1.39. The molecule has 0 saturated carbocycles. The second kappa shape index (κ2) is 9.31. The topological polar surface area (TPSA) is 69.3 Å². The van der Waals surface area contributed by atoms with E-state index in [-0.39, 0.29) is 6.10 Å². The van der Waals surface area contributed by atoms with Gasteiger partial charge in [0.15, 0.2) is 5.79 Å². The molecule has 1 saturated heterocycles. The molecule has 154 valence electrons. The molecule has 2 atom stereocenters. The van der Waals surface area contributed by atoms with Crippen LogP contribution in [0.25, 0.3) is 0 Å². The number of nitrogens with zero attached hydrogens (tertiary/aromatic N) is 3. The van der Waals surface area contributed by atoms with Gasteiger partial charge in [0.1, 0.15) is 18.5 Å². The van der Waals surface area contributed by atoms with E-state index in [2.05, 4.69) is 11.1 Å². The highest BCUT2D eigenvalue weighted by Gasteiger charge is 2.42. The number of aromatic nitrogens is 2. The lowest BCUT2D eigenvalue weighted by atomic mass is 10.0. The maximum Gasteiger partial charge on any atom is 0.187 e. The zero-order valence-electron chi connectivity index (χ0n) is 16.4. The van der Waals surface area contributed by atoms with Crippen LogP contribution in [0.3, 0.4) is 0 Å². The molecule has 0 aliphatic carbocycles. The summed E-state index contributed by atoms with van der Waals surface area (Å²) in [6, 6.07) is 17.0. The van der Waals surface area contributed by atoms with Crippen LogP contribution in [0.1, 0.15) is 17.5 Å². The van der Waals surface area contributed by atoms with Crippen LogP contribution in [0, 0.1) is 11.3 Å². The lowest BCUT2D eigenvalue weighted by Gasteiger charge is -2.28. The monoisotopic (exact) mass is 423 g/mol. The third-order valence-electron chi connectivity index (χ3n) is 5.02. The number of benzene rings is 2. The average Bonchev–Trinajstić information content (AvgIpc) is 3.43. The Kier molecular flexibility index (Phi) is 6.34. The molecule has 1 aliphatic heterocycles. The van der Waals surface area contributed by atoms with Crippen molar-refractivity contribution in [1.29, 1.82) is 5.26 Å². The first kappa shape index (κ1) is 20.4. The van der Waals surface area contributed by atoms with Crippen LogP contribution in [0.4, 0.5) is 0 Å². The molecule has 1 aliphatic rings. The molecule has 1 fully saturated rings. The quantitative estimate of drug-likeness (QED) is 0.542. The third-order valence-corrected chi connectivity index (χ3v) is 5.28. The van der Waals surface area contributed by atoms with Gasteiger partial charge in [0, 0.05) is 23.8 Å². The van der Waals surface area contributed by atoms with E-state index in [0.717, 1.165) is 11.4 Å². The lowest BCUT2D eigenvalue weighted by Crippen LogP contribution is -2.37. The van der Waals surface area contributed by atoms with Crippen molar-refractivity contribution in [2.45, 2.75) is 31.3 Å². The van der Waals surface area contributed by atoms with E-state index in [0.29, 0.717) is 37.5 Å². The van der Waals surface area contributed by atoms with Crippen LogP contribution in [0.15, 0.2) is 67.3 Å².